The third-order valence-electron chi connectivity index (χ3n) is 6.91. The third-order valence-corrected chi connectivity index (χ3v) is 6.91. The van der Waals surface area contributed by atoms with E-state index in [-0.39, 0.29) is 5.56 Å². The van der Waals surface area contributed by atoms with Gasteiger partial charge in [0, 0.05) is 10.8 Å². The number of aromatic nitrogens is 2. The summed E-state index contributed by atoms with van der Waals surface area (Å²) in [6, 6.07) is 45.2. The molecule has 0 radical (unpaired) electrons. The minimum absolute atomic E-state index is 0.0238. The Bertz CT molecular complexity index is 1930. The van der Waals surface area contributed by atoms with E-state index in [9.17, 15) is 4.79 Å². The smallest absolute Gasteiger partial charge is 0.266 e. The van der Waals surface area contributed by atoms with Gasteiger partial charge in [-0.15, -0.1) is 0 Å². The van der Waals surface area contributed by atoms with Gasteiger partial charge < -0.3 is 0 Å². The van der Waals surface area contributed by atoms with Crippen LogP contribution in [0.4, 0.5) is 0 Å². The van der Waals surface area contributed by atoms with Gasteiger partial charge in [0.2, 0.25) is 0 Å². The molecule has 3 nitrogen and oxygen atoms in total. The second kappa shape index (κ2) is 8.10. The molecule has 0 saturated heterocycles. The van der Waals surface area contributed by atoms with E-state index in [4.69, 9.17) is 0 Å². The second-order valence-electron chi connectivity index (χ2n) is 8.99. The molecule has 0 atom stereocenters. The van der Waals surface area contributed by atoms with Crippen molar-refractivity contribution in [3.8, 4) is 28.1 Å². The number of para-hydroxylation sites is 1. The molecule has 5 aromatic carbocycles. The van der Waals surface area contributed by atoms with Crippen LogP contribution in [0.1, 0.15) is 0 Å². The van der Waals surface area contributed by atoms with Gasteiger partial charge in [0.25, 0.3) is 5.56 Å². The molecule has 0 fully saturated rings. The first-order chi connectivity index (χ1) is 17.8. The first-order valence-corrected chi connectivity index (χ1v) is 12.1. The minimum atomic E-state index is -0.0238. The van der Waals surface area contributed by atoms with Crippen molar-refractivity contribution < 1.29 is 0 Å². The van der Waals surface area contributed by atoms with Crippen molar-refractivity contribution in [2.75, 3.05) is 0 Å². The summed E-state index contributed by atoms with van der Waals surface area (Å²) in [7, 11) is 0. The predicted molar refractivity (Wildman–Crippen MR) is 149 cm³/mol. The van der Waals surface area contributed by atoms with Gasteiger partial charge in [-0.2, -0.15) is 0 Å². The lowest BCUT2D eigenvalue weighted by Crippen LogP contribution is -2.21. The summed E-state index contributed by atoms with van der Waals surface area (Å²) >= 11 is 0. The number of fused-ring (bicyclic) bond motifs is 5. The molecule has 0 saturated carbocycles. The summed E-state index contributed by atoms with van der Waals surface area (Å²) in [5.74, 6) is 0. The summed E-state index contributed by atoms with van der Waals surface area (Å²) in [6.07, 6.45) is 0. The maximum absolute atomic E-state index is 14.3. The molecular formula is C33H22N2O. The van der Waals surface area contributed by atoms with Gasteiger partial charge in [-0.1, -0.05) is 109 Å². The lowest BCUT2D eigenvalue weighted by atomic mass is 10.0. The van der Waals surface area contributed by atoms with E-state index in [0.717, 1.165) is 50.0 Å². The van der Waals surface area contributed by atoms with Crippen LogP contribution in [0, 0.1) is 0 Å². The van der Waals surface area contributed by atoms with Crippen LogP contribution in [0.3, 0.4) is 0 Å². The minimum Gasteiger partial charge on any atom is -0.293 e. The molecule has 36 heavy (non-hydrogen) atoms. The molecule has 7 rings (SSSR count). The average Bonchev–Trinajstić information content (AvgIpc) is 3.29. The number of hydrogen-bond acceptors (Lipinski definition) is 1. The van der Waals surface area contributed by atoms with Crippen LogP contribution in [-0.2, 0) is 0 Å². The van der Waals surface area contributed by atoms with Gasteiger partial charge >= 0.3 is 0 Å². The molecule has 7 aromatic rings. The number of hydrogen-bond donors (Lipinski definition) is 0. The largest absolute Gasteiger partial charge is 0.293 e. The molecule has 0 aliphatic heterocycles. The normalized spacial score (nSPS) is 11.4. The summed E-state index contributed by atoms with van der Waals surface area (Å²) < 4.78 is 4.13. The van der Waals surface area contributed by atoms with Crippen molar-refractivity contribution in [3.05, 3.63) is 144 Å². The molecule has 3 heteroatoms. The zero-order chi connectivity index (χ0) is 24.1. The van der Waals surface area contributed by atoms with Crippen LogP contribution in [0.25, 0.3) is 55.4 Å². The van der Waals surface area contributed by atoms with E-state index in [1.807, 2.05) is 71.3 Å². The SMILES string of the molecule is O=c1c2cc(-c3ccccc3)ccc2n2c(-c3ccccc3)c3ccccc3c2n1-c1ccccc1. The molecule has 2 heterocycles. The van der Waals surface area contributed by atoms with E-state index in [1.165, 1.54) is 0 Å². The number of rotatable bonds is 3. The standard InChI is InChI=1S/C33H22N2O/c36-33-29-22-25(23-12-4-1-5-13-23)20-21-30(29)35-31(24-14-6-2-7-15-24)27-18-10-11-19-28(27)32(35)34(33)26-16-8-3-9-17-26/h1-22H. The van der Waals surface area contributed by atoms with Crippen molar-refractivity contribution in [1.29, 1.82) is 0 Å². The fraction of sp³-hybridized carbons (Fsp3) is 0. The van der Waals surface area contributed by atoms with Crippen LogP contribution in [0.5, 0.6) is 0 Å². The number of benzene rings is 5. The third kappa shape index (κ3) is 3.03. The Balaban J connectivity index is 1.73. The van der Waals surface area contributed by atoms with Crippen molar-refractivity contribution in [3.63, 3.8) is 0 Å². The fourth-order valence-corrected chi connectivity index (χ4v) is 5.31. The maximum Gasteiger partial charge on any atom is 0.266 e. The van der Waals surface area contributed by atoms with Crippen LogP contribution in [0.15, 0.2) is 138 Å². The molecule has 170 valence electrons. The Morgan fingerprint density at radius 2 is 1.06 bits per heavy atom. The van der Waals surface area contributed by atoms with E-state index in [1.54, 1.807) is 0 Å². The van der Waals surface area contributed by atoms with Crippen LogP contribution in [0.2, 0.25) is 0 Å². The second-order valence-corrected chi connectivity index (χ2v) is 8.99. The first-order valence-electron chi connectivity index (χ1n) is 12.1. The fourth-order valence-electron chi connectivity index (χ4n) is 5.31. The monoisotopic (exact) mass is 462 g/mol. The summed E-state index contributed by atoms with van der Waals surface area (Å²) in [5.41, 5.74) is 6.91. The molecule has 0 amide bonds. The summed E-state index contributed by atoms with van der Waals surface area (Å²) in [4.78, 5) is 14.3. The predicted octanol–water partition coefficient (Wildman–Crippen LogP) is 7.73. The Labute approximate surface area is 208 Å². The zero-order valence-electron chi connectivity index (χ0n) is 19.5. The molecule has 2 aromatic heterocycles. The highest BCUT2D eigenvalue weighted by Crippen LogP contribution is 2.37. The van der Waals surface area contributed by atoms with Crippen LogP contribution >= 0.6 is 0 Å². The lowest BCUT2D eigenvalue weighted by Gasteiger charge is -2.15. The van der Waals surface area contributed by atoms with Crippen molar-refractivity contribution in [2.45, 2.75) is 0 Å². The van der Waals surface area contributed by atoms with Crippen molar-refractivity contribution >= 4 is 27.3 Å². The molecule has 0 unspecified atom stereocenters. The molecular weight excluding hydrogens is 440 g/mol. The zero-order valence-corrected chi connectivity index (χ0v) is 19.5. The quantitative estimate of drug-likeness (QED) is 0.264. The average molecular weight is 463 g/mol. The first kappa shape index (κ1) is 20.5. The molecule has 0 spiro atoms. The van der Waals surface area contributed by atoms with Gasteiger partial charge in [-0.3, -0.25) is 13.8 Å². The highest BCUT2D eigenvalue weighted by molar-refractivity contribution is 6.08. The Hall–Kier alpha value is -4.89. The Kier molecular flexibility index (Phi) is 4.61. The van der Waals surface area contributed by atoms with E-state index in [0.29, 0.717) is 5.39 Å². The van der Waals surface area contributed by atoms with Gasteiger partial charge in [0.15, 0.2) is 0 Å². The van der Waals surface area contributed by atoms with E-state index >= 15 is 0 Å². The van der Waals surface area contributed by atoms with Crippen LogP contribution < -0.4 is 5.56 Å². The Morgan fingerprint density at radius 3 is 1.75 bits per heavy atom. The molecule has 0 bridgehead atoms. The maximum atomic E-state index is 14.3. The van der Waals surface area contributed by atoms with Crippen molar-refractivity contribution in [1.82, 2.24) is 8.97 Å². The van der Waals surface area contributed by atoms with Crippen molar-refractivity contribution in [2.24, 2.45) is 0 Å². The Morgan fingerprint density at radius 1 is 0.472 bits per heavy atom. The highest BCUT2D eigenvalue weighted by atomic mass is 16.1. The lowest BCUT2D eigenvalue weighted by molar-refractivity contribution is 1.01. The molecule has 0 aliphatic rings. The van der Waals surface area contributed by atoms with Gasteiger partial charge in [0.05, 0.1) is 22.3 Å². The van der Waals surface area contributed by atoms with E-state index in [2.05, 4.69) is 71.1 Å². The van der Waals surface area contributed by atoms with E-state index < -0.39 is 0 Å². The number of nitrogens with zero attached hydrogens (tertiary/aromatic N) is 2. The van der Waals surface area contributed by atoms with Crippen LogP contribution in [-0.4, -0.2) is 8.97 Å². The van der Waals surface area contributed by atoms with Gasteiger partial charge in [0.1, 0.15) is 5.65 Å². The summed E-state index contributed by atoms with van der Waals surface area (Å²) in [5, 5.41) is 2.85. The topological polar surface area (TPSA) is 26.4 Å². The van der Waals surface area contributed by atoms with Gasteiger partial charge in [-0.25, -0.2) is 0 Å². The summed E-state index contributed by atoms with van der Waals surface area (Å²) in [6.45, 7) is 0. The molecule has 0 aliphatic carbocycles. The van der Waals surface area contributed by atoms with Gasteiger partial charge in [-0.05, 0) is 41.0 Å². The molecule has 0 N–H and O–H groups in total. The highest BCUT2D eigenvalue weighted by Gasteiger charge is 2.21.